The Kier molecular flexibility index (Phi) is 7.13. The smallest absolute Gasteiger partial charge is 0.262 e. The van der Waals surface area contributed by atoms with Gasteiger partial charge in [-0.05, 0) is 29.7 Å². The Morgan fingerprint density at radius 3 is 2.07 bits per heavy atom. The van der Waals surface area contributed by atoms with Gasteiger partial charge in [-0.1, -0.05) is 0 Å². The Balaban J connectivity index is 0.00000136. The predicted molar refractivity (Wildman–Crippen MR) is 98.4 cm³/mol. The van der Waals surface area contributed by atoms with Crippen LogP contribution in [0.3, 0.4) is 0 Å². The van der Waals surface area contributed by atoms with Gasteiger partial charge in [0.15, 0.2) is 0 Å². The lowest BCUT2D eigenvalue weighted by atomic mass is 10.0. The molecule has 0 aromatic heterocycles. The van der Waals surface area contributed by atoms with Crippen molar-refractivity contribution in [2.24, 2.45) is 0 Å². The number of rotatable bonds is 7. The van der Waals surface area contributed by atoms with Crippen LogP contribution in [0.2, 0.25) is 0 Å². The summed E-state index contributed by atoms with van der Waals surface area (Å²) in [6.07, 6.45) is 1.63. The van der Waals surface area contributed by atoms with Gasteiger partial charge in [0.2, 0.25) is 5.91 Å². The van der Waals surface area contributed by atoms with Gasteiger partial charge in [-0.3, -0.25) is 24.2 Å². The van der Waals surface area contributed by atoms with Gasteiger partial charge >= 0.3 is 0 Å². The average molecular weight is 389 g/mol. The van der Waals surface area contributed by atoms with Crippen molar-refractivity contribution in [1.82, 2.24) is 15.1 Å². The van der Waals surface area contributed by atoms with Crippen molar-refractivity contribution in [2.75, 3.05) is 20.7 Å². The van der Waals surface area contributed by atoms with Crippen molar-refractivity contribution in [1.29, 1.82) is 0 Å². The number of likely N-dealkylation sites (N-methyl/N-ethyl adjacent to an activating group) is 1. The highest BCUT2D eigenvalue weighted by Crippen LogP contribution is 2.32. The van der Waals surface area contributed by atoms with Gasteiger partial charge in [-0.2, -0.15) is 0 Å². The van der Waals surface area contributed by atoms with E-state index in [9.17, 15) is 24.0 Å². The molecular weight excluding hydrogens is 366 g/mol. The van der Waals surface area contributed by atoms with E-state index in [4.69, 9.17) is 5.11 Å². The summed E-state index contributed by atoms with van der Waals surface area (Å²) >= 11 is 0. The third kappa shape index (κ3) is 3.85. The highest BCUT2D eigenvalue weighted by Gasteiger charge is 2.43. The number of carbonyl (C=O) groups excluding carboxylic acids is 5. The number of fused-ring (bicyclic) bond motifs is 2. The first-order valence-electron chi connectivity index (χ1n) is 8.81. The standard InChI is InChI=1S/C18H19N3O5.CH4O/c1-19-16(24)15(3-2-5-22)21-17(25)13-7-11-9-20(4-6-23)10-12(11)8-14(13)18(21)26;1-2/h5-8,15H,2-4,9-10H2,1H3,(H,19,24);2H,1H3. The fourth-order valence-corrected chi connectivity index (χ4v) is 3.51. The third-order valence-electron chi connectivity index (χ3n) is 4.78. The van der Waals surface area contributed by atoms with Gasteiger partial charge in [0, 0.05) is 33.7 Å². The van der Waals surface area contributed by atoms with E-state index in [1.165, 1.54) is 7.05 Å². The fraction of sp³-hybridized carbons (Fsp3) is 0.421. The van der Waals surface area contributed by atoms with Crippen LogP contribution in [-0.4, -0.2) is 71.9 Å². The highest BCUT2D eigenvalue weighted by atomic mass is 16.2. The van der Waals surface area contributed by atoms with Crippen molar-refractivity contribution in [3.05, 3.63) is 34.4 Å². The molecule has 2 heterocycles. The number of amides is 3. The van der Waals surface area contributed by atoms with E-state index in [2.05, 4.69) is 5.32 Å². The highest BCUT2D eigenvalue weighted by molar-refractivity contribution is 6.23. The van der Waals surface area contributed by atoms with Crippen LogP contribution < -0.4 is 5.32 Å². The number of hydrogen-bond donors (Lipinski definition) is 2. The summed E-state index contributed by atoms with van der Waals surface area (Å²) in [5.41, 5.74) is 2.33. The Labute approximate surface area is 162 Å². The molecule has 0 saturated carbocycles. The van der Waals surface area contributed by atoms with E-state index in [0.717, 1.165) is 29.4 Å². The monoisotopic (exact) mass is 389 g/mol. The molecule has 1 unspecified atom stereocenters. The van der Waals surface area contributed by atoms with Crippen LogP contribution in [0.1, 0.15) is 44.7 Å². The van der Waals surface area contributed by atoms with Crippen molar-refractivity contribution in [3.8, 4) is 0 Å². The van der Waals surface area contributed by atoms with Gasteiger partial charge < -0.3 is 20.0 Å². The second-order valence-corrected chi connectivity index (χ2v) is 6.36. The molecule has 28 heavy (non-hydrogen) atoms. The molecule has 2 aliphatic rings. The molecular formula is C19H23N3O6. The Morgan fingerprint density at radius 2 is 1.64 bits per heavy atom. The first-order chi connectivity index (χ1) is 13.5. The number of aldehydes is 2. The molecule has 1 atom stereocenters. The number of nitrogens with one attached hydrogen (secondary N) is 1. The van der Waals surface area contributed by atoms with E-state index in [0.29, 0.717) is 19.4 Å². The van der Waals surface area contributed by atoms with Gasteiger partial charge in [-0.25, -0.2) is 0 Å². The largest absolute Gasteiger partial charge is 0.400 e. The molecule has 2 aliphatic heterocycles. The minimum absolute atomic E-state index is 0.0721. The number of nitrogens with zero attached hydrogens (tertiary/aromatic N) is 2. The molecule has 1 aromatic rings. The summed E-state index contributed by atoms with van der Waals surface area (Å²) in [5.74, 6) is -1.53. The second-order valence-electron chi connectivity index (χ2n) is 6.36. The summed E-state index contributed by atoms with van der Waals surface area (Å²) in [6.45, 7) is 1.36. The Morgan fingerprint density at radius 1 is 1.11 bits per heavy atom. The Bertz CT molecular complexity index is 762. The second kappa shape index (κ2) is 9.34. The lowest BCUT2D eigenvalue weighted by Gasteiger charge is -2.24. The fourth-order valence-electron chi connectivity index (χ4n) is 3.51. The normalized spacial score (nSPS) is 16.0. The first kappa shape index (κ1) is 21.4. The molecule has 0 radical (unpaired) electrons. The maximum absolute atomic E-state index is 12.8. The van der Waals surface area contributed by atoms with E-state index in [1.807, 2.05) is 4.90 Å². The van der Waals surface area contributed by atoms with Crippen LogP contribution >= 0.6 is 0 Å². The number of aliphatic hydroxyl groups excluding tert-OH is 1. The lowest BCUT2D eigenvalue weighted by Crippen LogP contribution is -2.48. The minimum atomic E-state index is -1.01. The average Bonchev–Trinajstić information content (AvgIpc) is 3.21. The van der Waals surface area contributed by atoms with Gasteiger partial charge in [0.05, 0.1) is 17.7 Å². The van der Waals surface area contributed by atoms with Gasteiger partial charge in [0.1, 0.15) is 18.6 Å². The molecule has 0 bridgehead atoms. The SMILES string of the molecule is CNC(=O)C(CCC=O)N1C(=O)c2cc3c(cc2C1=O)CN(CC=O)C3.CO. The Hall–Kier alpha value is -2.91. The predicted octanol–water partition coefficient (Wildman–Crippen LogP) is -0.501. The maximum Gasteiger partial charge on any atom is 0.262 e. The number of imide groups is 1. The van der Waals surface area contributed by atoms with Crippen molar-refractivity contribution < 1.29 is 29.1 Å². The topological polar surface area (TPSA) is 124 Å². The molecule has 3 amide bonds. The molecule has 0 spiro atoms. The van der Waals surface area contributed by atoms with E-state index < -0.39 is 23.8 Å². The van der Waals surface area contributed by atoms with Crippen LogP contribution in [0.15, 0.2) is 12.1 Å². The summed E-state index contributed by atoms with van der Waals surface area (Å²) in [7, 11) is 2.42. The molecule has 0 aliphatic carbocycles. The molecule has 150 valence electrons. The van der Waals surface area contributed by atoms with Crippen molar-refractivity contribution in [3.63, 3.8) is 0 Å². The minimum Gasteiger partial charge on any atom is -0.400 e. The number of benzene rings is 1. The molecule has 9 heteroatoms. The van der Waals surface area contributed by atoms with Crippen LogP contribution in [-0.2, 0) is 27.5 Å². The van der Waals surface area contributed by atoms with E-state index >= 15 is 0 Å². The van der Waals surface area contributed by atoms with Crippen LogP contribution in [0, 0.1) is 0 Å². The molecule has 1 aromatic carbocycles. The van der Waals surface area contributed by atoms with Crippen LogP contribution in [0.4, 0.5) is 0 Å². The van der Waals surface area contributed by atoms with E-state index in [-0.39, 0.29) is 30.5 Å². The maximum atomic E-state index is 12.8. The zero-order valence-corrected chi connectivity index (χ0v) is 15.8. The van der Waals surface area contributed by atoms with E-state index in [1.54, 1.807) is 12.1 Å². The lowest BCUT2D eigenvalue weighted by molar-refractivity contribution is -0.124. The quantitative estimate of drug-likeness (QED) is 0.476. The van der Waals surface area contributed by atoms with Gasteiger partial charge in [0.25, 0.3) is 11.8 Å². The number of carbonyl (C=O) groups is 5. The molecule has 9 nitrogen and oxygen atoms in total. The summed E-state index contributed by atoms with van der Waals surface area (Å²) in [4.78, 5) is 62.0. The van der Waals surface area contributed by atoms with Crippen molar-refractivity contribution >= 4 is 30.3 Å². The summed E-state index contributed by atoms with van der Waals surface area (Å²) < 4.78 is 0. The van der Waals surface area contributed by atoms with Crippen molar-refractivity contribution in [2.45, 2.75) is 32.0 Å². The summed E-state index contributed by atoms with van der Waals surface area (Å²) in [6, 6.07) is 2.34. The molecule has 0 fully saturated rings. The molecule has 2 N–H and O–H groups in total. The third-order valence-corrected chi connectivity index (χ3v) is 4.78. The van der Waals surface area contributed by atoms with Gasteiger partial charge in [-0.15, -0.1) is 0 Å². The first-order valence-corrected chi connectivity index (χ1v) is 8.81. The number of aliphatic hydroxyl groups is 1. The van der Waals surface area contributed by atoms with Crippen LogP contribution in [0.25, 0.3) is 0 Å². The zero-order valence-electron chi connectivity index (χ0n) is 15.8. The zero-order chi connectivity index (χ0) is 20.8. The van der Waals surface area contributed by atoms with Crippen LogP contribution in [0.5, 0.6) is 0 Å². The molecule has 3 rings (SSSR count). The number of hydrogen-bond acceptors (Lipinski definition) is 7. The molecule has 0 saturated heterocycles. The summed E-state index contributed by atoms with van der Waals surface area (Å²) in [5, 5.41) is 9.44.